The lowest BCUT2D eigenvalue weighted by molar-refractivity contribution is -0.387. The van der Waals surface area contributed by atoms with Crippen LogP contribution >= 0.6 is 23.2 Å². The molecule has 2 aromatic carbocycles. The first-order chi connectivity index (χ1) is 10.9. The van der Waals surface area contributed by atoms with Gasteiger partial charge in [-0.15, -0.1) is 0 Å². The fourth-order valence-electron chi connectivity index (χ4n) is 1.72. The zero-order chi connectivity index (χ0) is 17.0. The molecule has 5 nitrogen and oxygen atoms in total. The van der Waals surface area contributed by atoms with Crippen LogP contribution in [0, 0.1) is 15.9 Å². The largest absolute Gasteiger partial charge is 0.322 e. The van der Waals surface area contributed by atoms with Gasteiger partial charge >= 0.3 is 5.69 Å². The van der Waals surface area contributed by atoms with Crippen molar-refractivity contribution in [3.05, 3.63) is 74.0 Å². The minimum Gasteiger partial charge on any atom is -0.322 e. The van der Waals surface area contributed by atoms with Crippen LogP contribution in [0.25, 0.3) is 6.08 Å². The third-order valence-corrected chi connectivity index (χ3v) is 3.35. The predicted molar refractivity (Wildman–Crippen MR) is 87.2 cm³/mol. The van der Waals surface area contributed by atoms with E-state index in [0.717, 1.165) is 12.1 Å². The number of carbonyl (C=O) groups excluding carboxylic acids is 1. The Hall–Kier alpha value is -2.44. The van der Waals surface area contributed by atoms with E-state index in [4.69, 9.17) is 23.2 Å². The first-order valence-electron chi connectivity index (χ1n) is 6.25. The van der Waals surface area contributed by atoms with Crippen molar-refractivity contribution in [2.75, 3.05) is 5.32 Å². The van der Waals surface area contributed by atoms with Crippen molar-refractivity contribution in [1.29, 1.82) is 0 Å². The van der Waals surface area contributed by atoms with E-state index in [2.05, 4.69) is 5.32 Å². The third-order valence-electron chi connectivity index (χ3n) is 2.79. The predicted octanol–water partition coefficient (Wildman–Crippen LogP) is 4.69. The maximum Gasteiger partial charge on any atom is 0.306 e. The van der Waals surface area contributed by atoms with Crippen molar-refractivity contribution in [3.8, 4) is 0 Å². The number of hydrogen-bond acceptors (Lipinski definition) is 3. The lowest BCUT2D eigenvalue weighted by Crippen LogP contribution is -2.08. The summed E-state index contributed by atoms with van der Waals surface area (Å²) in [5.74, 6) is -1.52. The molecule has 2 rings (SSSR count). The number of nitro benzene ring substituents is 1. The SMILES string of the molecule is O=C(/C=C/c1ccc(Cl)cc1Cl)Nc1ccc(F)c([N+](=O)[O-])c1. The number of carbonyl (C=O) groups is 1. The van der Waals surface area contributed by atoms with E-state index in [0.29, 0.717) is 15.6 Å². The average Bonchev–Trinajstić information content (AvgIpc) is 2.48. The fraction of sp³-hybridized carbons (Fsp3) is 0. The molecule has 0 aromatic heterocycles. The van der Waals surface area contributed by atoms with E-state index in [1.54, 1.807) is 12.1 Å². The third kappa shape index (κ3) is 4.51. The number of benzene rings is 2. The molecule has 0 saturated carbocycles. The normalized spacial score (nSPS) is 10.7. The molecule has 0 atom stereocenters. The van der Waals surface area contributed by atoms with Gasteiger partial charge in [0.05, 0.1) is 4.92 Å². The van der Waals surface area contributed by atoms with E-state index in [9.17, 15) is 19.3 Å². The van der Waals surface area contributed by atoms with E-state index in [1.807, 2.05) is 0 Å². The van der Waals surface area contributed by atoms with Gasteiger partial charge in [0.25, 0.3) is 0 Å². The van der Waals surface area contributed by atoms with Gasteiger partial charge in [0, 0.05) is 27.9 Å². The van der Waals surface area contributed by atoms with Crippen molar-refractivity contribution in [2.45, 2.75) is 0 Å². The Labute approximate surface area is 140 Å². The minimum atomic E-state index is -0.975. The number of nitro groups is 1. The molecule has 0 aliphatic heterocycles. The summed E-state index contributed by atoms with van der Waals surface area (Å²) in [5.41, 5.74) is -0.0289. The molecule has 8 heteroatoms. The van der Waals surface area contributed by atoms with Crippen LogP contribution in [0.5, 0.6) is 0 Å². The van der Waals surface area contributed by atoms with Crippen molar-refractivity contribution in [2.24, 2.45) is 0 Å². The lowest BCUT2D eigenvalue weighted by atomic mass is 10.2. The molecule has 0 unspecified atom stereocenters. The van der Waals surface area contributed by atoms with Crippen LogP contribution in [0.3, 0.4) is 0 Å². The van der Waals surface area contributed by atoms with E-state index < -0.39 is 22.3 Å². The van der Waals surface area contributed by atoms with Crippen molar-refractivity contribution >= 4 is 46.6 Å². The highest BCUT2D eigenvalue weighted by molar-refractivity contribution is 6.35. The summed E-state index contributed by atoms with van der Waals surface area (Å²) in [6.45, 7) is 0. The molecule has 2 aromatic rings. The molecule has 1 amide bonds. The van der Waals surface area contributed by atoms with Gasteiger partial charge in [-0.05, 0) is 35.9 Å². The smallest absolute Gasteiger partial charge is 0.306 e. The minimum absolute atomic E-state index is 0.106. The molecule has 0 aliphatic rings. The molecule has 0 bridgehead atoms. The maximum atomic E-state index is 13.2. The Morgan fingerprint density at radius 1 is 1.22 bits per heavy atom. The highest BCUT2D eigenvalue weighted by Crippen LogP contribution is 2.23. The van der Waals surface area contributed by atoms with Crippen molar-refractivity contribution in [1.82, 2.24) is 0 Å². The molecule has 0 fully saturated rings. The lowest BCUT2D eigenvalue weighted by Gasteiger charge is -2.03. The van der Waals surface area contributed by atoms with E-state index >= 15 is 0 Å². The summed E-state index contributed by atoms with van der Waals surface area (Å²) in [5, 5.41) is 13.9. The highest BCUT2D eigenvalue weighted by Gasteiger charge is 2.14. The summed E-state index contributed by atoms with van der Waals surface area (Å²) in [6, 6.07) is 7.86. The molecule has 0 heterocycles. The Morgan fingerprint density at radius 2 is 1.96 bits per heavy atom. The summed E-state index contributed by atoms with van der Waals surface area (Å²) in [4.78, 5) is 21.6. The van der Waals surface area contributed by atoms with Crippen LogP contribution in [0.1, 0.15) is 5.56 Å². The van der Waals surface area contributed by atoms with Gasteiger partial charge in [0.1, 0.15) is 0 Å². The Balaban J connectivity index is 2.12. The summed E-state index contributed by atoms with van der Waals surface area (Å²) >= 11 is 11.7. The molecule has 0 spiro atoms. The molecular formula is C15H9Cl2FN2O3. The molecule has 0 saturated heterocycles. The van der Waals surface area contributed by atoms with E-state index in [1.165, 1.54) is 24.3 Å². The first kappa shape index (κ1) is 16.9. The Kier molecular flexibility index (Phi) is 5.31. The van der Waals surface area contributed by atoms with Crippen LogP contribution in [-0.4, -0.2) is 10.8 Å². The van der Waals surface area contributed by atoms with Crippen molar-refractivity contribution in [3.63, 3.8) is 0 Å². The van der Waals surface area contributed by atoms with Gasteiger partial charge in [-0.2, -0.15) is 4.39 Å². The number of anilines is 1. The standard InChI is InChI=1S/C15H9Cl2FN2O3/c16-10-3-1-9(12(17)7-10)2-6-15(21)19-11-4-5-13(18)14(8-11)20(22)23/h1-8H,(H,19,21)/b6-2+. The summed E-state index contributed by atoms with van der Waals surface area (Å²) < 4.78 is 13.2. The number of hydrogen-bond donors (Lipinski definition) is 1. The van der Waals surface area contributed by atoms with Gasteiger partial charge in [-0.25, -0.2) is 0 Å². The highest BCUT2D eigenvalue weighted by atomic mass is 35.5. The average molecular weight is 355 g/mol. The zero-order valence-corrected chi connectivity index (χ0v) is 12.9. The van der Waals surface area contributed by atoms with Crippen LogP contribution in [0.4, 0.5) is 15.8 Å². The van der Waals surface area contributed by atoms with Crippen LogP contribution in [-0.2, 0) is 4.79 Å². The quantitative estimate of drug-likeness (QED) is 0.491. The number of nitrogens with zero attached hydrogens (tertiary/aromatic N) is 1. The number of rotatable bonds is 4. The van der Waals surface area contributed by atoms with Crippen molar-refractivity contribution < 1.29 is 14.1 Å². The molecular weight excluding hydrogens is 346 g/mol. The first-order valence-corrected chi connectivity index (χ1v) is 7.00. The summed E-state index contributed by atoms with van der Waals surface area (Å²) in [6.07, 6.45) is 2.66. The Bertz CT molecular complexity index is 809. The van der Waals surface area contributed by atoms with Crippen LogP contribution in [0.2, 0.25) is 10.0 Å². The summed E-state index contributed by atoms with van der Waals surface area (Å²) in [7, 11) is 0. The van der Waals surface area contributed by atoms with Crippen LogP contribution < -0.4 is 5.32 Å². The zero-order valence-electron chi connectivity index (χ0n) is 11.4. The molecule has 0 radical (unpaired) electrons. The number of halogens is 3. The monoisotopic (exact) mass is 354 g/mol. The molecule has 118 valence electrons. The van der Waals surface area contributed by atoms with Gasteiger partial charge in [0.2, 0.25) is 11.7 Å². The van der Waals surface area contributed by atoms with Gasteiger partial charge in [0.15, 0.2) is 0 Å². The maximum absolute atomic E-state index is 13.2. The fourth-order valence-corrected chi connectivity index (χ4v) is 2.19. The van der Waals surface area contributed by atoms with Crippen LogP contribution in [0.15, 0.2) is 42.5 Å². The Morgan fingerprint density at radius 3 is 2.61 bits per heavy atom. The number of nitrogens with one attached hydrogen (secondary N) is 1. The van der Waals surface area contributed by atoms with Gasteiger partial charge < -0.3 is 5.32 Å². The molecule has 23 heavy (non-hydrogen) atoms. The van der Waals surface area contributed by atoms with Gasteiger partial charge in [-0.1, -0.05) is 29.3 Å². The van der Waals surface area contributed by atoms with E-state index in [-0.39, 0.29) is 5.69 Å². The topological polar surface area (TPSA) is 72.2 Å². The second-order valence-electron chi connectivity index (χ2n) is 4.41. The molecule has 1 N–H and O–H groups in total. The second kappa shape index (κ2) is 7.21. The second-order valence-corrected chi connectivity index (χ2v) is 5.26. The molecule has 0 aliphatic carbocycles. The number of amides is 1. The van der Waals surface area contributed by atoms with Gasteiger partial charge in [-0.3, -0.25) is 14.9 Å².